The summed E-state index contributed by atoms with van der Waals surface area (Å²) < 4.78 is 16.1. The Hall–Kier alpha value is -1.84. The molecule has 2 aromatic rings. The highest BCUT2D eigenvalue weighted by atomic mass is 16.7. The minimum atomic E-state index is -0.330. The maximum Gasteiger partial charge on any atom is 0.183 e. The minimum absolute atomic E-state index is 0.330. The molecule has 0 aliphatic heterocycles. The van der Waals surface area contributed by atoms with E-state index in [4.69, 9.17) is 14.2 Å². The van der Waals surface area contributed by atoms with Crippen molar-refractivity contribution in [1.29, 1.82) is 0 Å². The largest absolute Gasteiger partial charge is 0.489 e. The Bertz CT molecular complexity index is 475. The molecule has 0 bridgehead atoms. The van der Waals surface area contributed by atoms with E-state index in [1.165, 1.54) is 0 Å². The van der Waals surface area contributed by atoms with E-state index in [1.54, 1.807) is 14.2 Å². The fourth-order valence-electron chi connectivity index (χ4n) is 1.83. The van der Waals surface area contributed by atoms with Gasteiger partial charge in [0.25, 0.3) is 0 Å². The van der Waals surface area contributed by atoms with Crippen LogP contribution in [0.2, 0.25) is 0 Å². The zero-order valence-electron chi connectivity index (χ0n) is 11.2. The standard InChI is InChI=1S/C16H18O3/c1-17-16(18-2)14-8-10-15(11-9-14)19-12-13-6-4-3-5-7-13/h3-11,16H,12H2,1-2H3. The van der Waals surface area contributed by atoms with Gasteiger partial charge in [0.15, 0.2) is 6.29 Å². The van der Waals surface area contributed by atoms with Gasteiger partial charge in [0.2, 0.25) is 0 Å². The van der Waals surface area contributed by atoms with Crippen LogP contribution in [-0.2, 0) is 16.1 Å². The summed E-state index contributed by atoms with van der Waals surface area (Å²) in [5.74, 6) is 0.832. The van der Waals surface area contributed by atoms with Crippen LogP contribution in [0.1, 0.15) is 17.4 Å². The molecule has 0 spiro atoms. The molecule has 3 heteroatoms. The van der Waals surface area contributed by atoms with Crippen molar-refractivity contribution in [3.8, 4) is 5.75 Å². The summed E-state index contributed by atoms with van der Waals surface area (Å²) in [6.45, 7) is 0.568. The van der Waals surface area contributed by atoms with Gasteiger partial charge < -0.3 is 14.2 Å². The Balaban J connectivity index is 1.95. The topological polar surface area (TPSA) is 27.7 Å². The summed E-state index contributed by atoms with van der Waals surface area (Å²) >= 11 is 0. The molecule has 19 heavy (non-hydrogen) atoms. The molecule has 2 aromatic carbocycles. The van der Waals surface area contributed by atoms with Crippen molar-refractivity contribution in [3.05, 3.63) is 65.7 Å². The summed E-state index contributed by atoms with van der Waals surface area (Å²) in [7, 11) is 3.24. The predicted octanol–water partition coefficient (Wildman–Crippen LogP) is 3.56. The van der Waals surface area contributed by atoms with Crippen LogP contribution in [0.3, 0.4) is 0 Å². The van der Waals surface area contributed by atoms with Gasteiger partial charge in [-0.3, -0.25) is 0 Å². The van der Waals surface area contributed by atoms with Crippen LogP contribution >= 0.6 is 0 Å². The number of hydrogen-bond donors (Lipinski definition) is 0. The molecule has 0 atom stereocenters. The molecule has 2 rings (SSSR count). The van der Waals surface area contributed by atoms with E-state index in [9.17, 15) is 0 Å². The van der Waals surface area contributed by atoms with Gasteiger partial charge in [-0.05, 0) is 17.7 Å². The maximum absolute atomic E-state index is 5.71. The van der Waals surface area contributed by atoms with Crippen molar-refractivity contribution in [1.82, 2.24) is 0 Å². The Morgan fingerprint density at radius 2 is 1.47 bits per heavy atom. The lowest BCUT2D eigenvalue weighted by atomic mass is 10.2. The van der Waals surface area contributed by atoms with Crippen molar-refractivity contribution < 1.29 is 14.2 Å². The highest BCUT2D eigenvalue weighted by Crippen LogP contribution is 2.21. The normalized spacial score (nSPS) is 10.7. The first-order valence-electron chi connectivity index (χ1n) is 6.15. The number of ether oxygens (including phenoxy) is 3. The molecular formula is C16H18O3. The molecule has 0 saturated carbocycles. The lowest BCUT2D eigenvalue weighted by molar-refractivity contribution is -0.106. The molecule has 0 amide bonds. The Morgan fingerprint density at radius 3 is 2.05 bits per heavy atom. The van der Waals surface area contributed by atoms with Gasteiger partial charge in [-0.25, -0.2) is 0 Å². The fourth-order valence-corrected chi connectivity index (χ4v) is 1.83. The second-order valence-electron chi connectivity index (χ2n) is 4.15. The molecule has 0 aliphatic rings. The fraction of sp³-hybridized carbons (Fsp3) is 0.250. The second-order valence-corrected chi connectivity index (χ2v) is 4.15. The van der Waals surface area contributed by atoms with E-state index in [0.717, 1.165) is 16.9 Å². The highest BCUT2D eigenvalue weighted by molar-refractivity contribution is 5.28. The minimum Gasteiger partial charge on any atom is -0.489 e. The third kappa shape index (κ3) is 3.81. The highest BCUT2D eigenvalue weighted by Gasteiger charge is 2.08. The zero-order chi connectivity index (χ0) is 13.5. The summed E-state index contributed by atoms with van der Waals surface area (Å²) in [5, 5.41) is 0. The summed E-state index contributed by atoms with van der Waals surface area (Å²) in [6.07, 6.45) is -0.330. The molecule has 0 fully saturated rings. The third-order valence-corrected chi connectivity index (χ3v) is 2.83. The van der Waals surface area contributed by atoms with E-state index < -0.39 is 0 Å². The van der Waals surface area contributed by atoms with E-state index in [2.05, 4.69) is 0 Å². The maximum atomic E-state index is 5.71. The molecule has 0 unspecified atom stereocenters. The zero-order valence-corrected chi connectivity index (χ0v) is 11.2. The first-order chi connectivity index (χ1) is 9.33. The van der Waals surface area contributed by atoms with Gasteiger partial charge in [-0.2, -0.15) is 0 Å². The van der Waals surface area contributed by atoms with Crippen LogP contribution in [0.4, 0.5) is 0 Å². The second kappa shape index (κ2) is 6.92. The van der Waals surface area contributed by atoms with Gasteiger partial charge in [-0.1, -0.05) is 42.5 Å². The van der Waals surface area contributed by atoms with E-state index in [0.29, 0.717) is 6.61 Å². The van der Waals surface area contributed by atoms with Crippen LogP contribution in [0, 0.1) is 0 Å². The summed E-state index contributed by atoms with van der Waals surface area (Å²) in [4.78, 5) is 0. The predicted molar refractivity (Wildman–Crippen MR) is 74.0 cm³/mol. The third-order valence-electron chi connectivity index (χ3n) is 2.83. The lowest BCUT2D eigenvalue weighted by Gasteiger charge is -2.14. The first kappa shape index (κ1) is 13.6. The van der Waals surface area contributed by atoms with Crippen molar-refractivity contribution in [2.75, 3.05) is 14.2 Å². The number of benzene rings is 2. The number of hydrogen-bond acceptors (Lipinski definition) is 3. The van der Waals surface area contributed by atoms with Crippen LogP contribution in [0.15, 0.2) is 54.6 Å². The molecule has 0 aromatic heterocycles. The molecule has 0 radical (unpaired) electrons. The number of methoxy groups -OCH3 is 2. The molecule has 0 aliphatic carbocycles. The van der Waals surface area contributed by atoms with Crippen molar-refractivity contribution >= 4 is 0 Å². The average Bonchev–Trinajstić information content (AvgIpc) is 2.49. The van der Waals surface area contributed by atoms with Crippen LogP contribution in [-0.4, -0.2) is 14.2 Å². The van der Waals surface area contributed by atoms with Crippen molar-refractivity contribution in [2.24, 2.45) is 0 Å². The quantitative estimate of drug-likeness (QED) is 0.741. The molecular weight excluding hydrogens is 240 g/mol. The van der Waals surface area contributed by atoms with Gasteiger partial charge in [-0.15, -0.1) is 0 Å². The summed E-state index contributed by atoms with van der Waals surface area (Å²) in [5.41, 5.74) is 2.12. The average molecular weight is 258 g/mol. The van der Waals surface area contributed by atoms with Gasteiger partial charge in [0.1, 0.15) is 12.4 Å². The van der Waals surface area contributed by atoms with Crippen LogP contribution < -0.4 is 4.74 Å². The molecule has 3 nitrogen and oxygen atoms in total. The van der Waals surface area contributed by atoms with Crippen molar-refractivity contribution in [2.45, 2.75) is 12.9 Å². The smallest absolute Gasteiger partial charge is 0.183 e. The van der Waals surface area contributed by atoms with Crippen molar-refractivity contribution in [3.63, 3.8) is 0 Å². The lowest BCUT2D eigenvalue weighted by Crippen LogP contribution is -2.03. The Labute approximate surface area is 113 Å². The SMILES string of the molecule is COC(OC)c1ccc(OCc2ccccc2)cc1. The van der Waals surface area contributed by atoms with Gasteiger partial charge in [0, 0.05) is 19.8 Å². The Morgan fingerprint density at radius 1 is 0.842 bits per heavy atom. The summed E-state index contributed by atoms with van der Waals surface area (Å²) in [6, 6.07) is 17.8. The van der Waals surface area contributed by atoms with E-state index >= 15 is 0 Å². The molecule has 0 heterocycles. The first-order valence-corrected chi connectivity index (χ1v) is 6.15. The monoisotopic (exact) mass is 258 g/mol. The van der Waals surface area contributed by atoms with E-state index in [1.807, 2.05) is 54.6 Å². The van der Waals surface area contributed by atoms with Gasteiger partial charge >= 0.3 is 0 Å². The van der Waals surface area contributed by atoms with E-state index in [-0.39, 0.29) is 6.29 Å². The number of rotatable bonds is 6. The van der Waals surface area contributed by atoms with Crippen LogP contribution in [0.25, 0.3) is 0 Å². The molecule has 0 saturated heterocycles. The van der Waals surface area contributed by atoms with Crippen LogP contribution in [0.5, 0.6) is 5.75 Å². The van der Waals surface area contributed by atoms with Gasteiger partial charge in [0.05, 0.1) is 0 Å². The molecule has 100 valence electrons. The Kier molecular flexibility index (Phi) is 4.95. The molecule has 0 N–H and O–H groups in total.